The molecule has 0 spiro atoms. The predicted octanol–water partition coefficient (Wildman–Crippen LogP) is 4.61. The van der Waals surface area contributed by atoms with Gasteiger partial charge in [0.1, 0.15) is 17.1 Å². The number of nitrogens with one attached hydrogen (secondary N) is 1. The second kappa shape index (κ2) is 8.67. The maximum atomic E-state index is 12.8. The molecule has 34 heavy (non-hydrogen) atoms. The summed E-state index contributed by atoms with van der Waals surface area (Å²) in [5.74, 6) is 1.39. The third-order valence-electron chi connectivity index (χ3n) is 5.48. The van der Waals surface area contributed by atoms with Gasteiger partial charge in [0.05, 0.1) is 30.0 Å². The minimum atomic E-state index is -0.279. The zero-order valence-corrected chi connectivity index (χ0v) is 18.5. The minimum Gasteiger partial charge on any atom is -0.497 e. The van der Waals surface area contributed by atoms with Gasteiger partial charge in [0.25, 0.3) is 5.91 Å². The van der Waals surface area contributed by atoms with Gasteiger partial charge in [0, 0.05) is 23.5 Å². The minimum absolute atomic E-state index is 0.159. The Hall–Kier alpha value is -4.72. The first-order valence-corrected chi connectivity index (χ1v) is 10.5. The van der Waals surface area contributed by atoms with E-state index >= 15 is 0 Å². The molecule has 5 aromatic rings. The van der Waals surface area contributed by atoms with Gasteiger partial charge in [-0.3, -0.25) is 9.59 Å². The smallest absolute Gasteiger partial charge is 0.259 e. The largest absolute Gasteiger partial charge is 0.497 e. The highest BCUT2D eigenvalue weighted by Gasteiger charge is 2.16. The SMILES string of the molecule is COc1ccc2oc(-c3ccc(NC(=O)c4cnn(-c5ccccn5)c4C)cc3)cc(=O)c2c1. The zero-order chi connectivity index (χ0) is 23.7. The van der Waals surface area contributed by atoms with Crippen LogP contribution in [0.2, 0.25) is 0 Å². The molecule has 0 bridgehead atoms. The first-order chi connectivity index (χ1) is 16.5. The summed E-state index contributed by atoms with van der Waals surface area (Å²) in [6.45, 7) is 1.82. The van der Waals surface area contributed by atoms with Crippen molar-refractivity contribution in [2.45, 2.75) is 6.92 Å². The summed E-state index contributed by atoms with van der Waals surface area (Å²) < 4.78 is 12.7. The van der Waals surface area contributed by atoms with E-state index in [1.54, 1.807) is 60.5 Å². The van der Waals surface area contributed by atoms with Gasteiger partial charge < -0.3 is 14.5 Å². The van der Waals surface area contributed by atoms with Gasteiger partial charge in [-0.05, 0) is 61.5 Å². The van der Waals surface area contributed by atoms with Crippen LogP contribution in [0.5, 0.6) is 5.75 Å². The summed E-state index contributed by atoms with van der Waals surface area (Å²) >= 11 is 0. The lowest BCUT2D eigenvalue weighted by atomic mass is 10.1. The number of fused-ring (bicyclic) bond motifs is 1. The number of benzene rings is 2. The quantitative estimate of drug-likeness (QED) is 0.418. The molecule has 0 saturated heterocycles. The Balaban J connectivity index is 1.37. The number of anilines is 1. The average molecular weight is 452 g/mol. The van der Waals surface area contributed by atoms with E-state index in [1.807, 2.05) is 25.1 Å². The van der Waals surface area contributed by atoms with Crippen molar-refractivity contribution in [3.8, 4) is 22.9 Å². The molecule has 168 valence electrons. The van der Waals surface area contributed by atoms with E-state index in [-0.39, 0.29) is 11.3 Å². The average Bonchev–Trinajstić information content (AvgIpc) is 3.26. The Kier molecular flexibility index (Phi) is 5.39. The maximum absolute atomic E-state index is 12.8. The van der Waals surface area contributed by atoms with E-state index < -0.39 is 0 Å². The highest BCUT2D eigenvalue weighted by atomic mass is 16.5. The van der Waals surface area contributed by atoms with Gasteiger partial charge in [0.2, 0.25) is 0 Å². The van der Waals surface area contributed by atoms with Crippen LogP contribution >= 0.6 is 0 Å². The number of methoxy groups -OCH3 is 1. The van der Waals surface area contributed by atoms with Crippen LogP contribution in [0.4, 0.5) is 5.69 Å². The number of carbonyl (C=O) groups is 1. The molecular weight excluding hydrogens is 432 g/mol. The fourth-order valence-corrected chi connectivity index (χ4v) is 3.66. The van der Waals surface area contributed by atoms with Crippen LogP contribution in [-0.4, -0.2) is 27.8 Å². The van der Waals surface area contributed by atoms with Gasteiger partial charge >= 0.3 is 0 Å². The monoisotopic (exact) mass is 452 g/mol. The molecule has 0 radical (unpaired) electrons. The molecule has 0 aliphatic heterocycles. The van der Waals surface area contributed by atoms with Crippen LogP contribution in [0.15, 0.2) is 88.3 Å². The van der Waals surface area contributed by atoms with Crippen molar-refractivity contribution in [3.63, 3.8) is 0 Å². The van der Waals surface area contributed by atoms with Crippen LogP contribution < -0.4 is 15.5 Å². The summed E-state index contributed by atoms with van der Waals surface area (Å²) in [6.07, 6.45) is 3.19. The van der Waals surface area contributed by atoms with Crippen LogP contribution in [0.1, 0.15) is 16.1 Å². The number of hydrogen-bond donors (Lipinski definition) is 1. The molecule has 0 fully saturated rings. The Morgan fingerprint density at radius 1 is 1.06 bits per heavy atom. The van der Waals surface area contributed by atoms with Crippen molar-refractivity contribution < 1.29 is 13.9 Å². The number of hydrogen-bond acceptors (Lipinski definition) is 6. The third-order valence-corrected chi connectivity index (χ3v) is 5.48. The van der Waals surface area contributed by atoms with E-state index in [2.05, 4.69) is 15.4 Å². The lowest BCUT2D eigenvalue weighted by molar-refractivity contribution is 0.102. The third kappa shape index (κ3) is 3.93. The van der Waals surface area contributed by atoms with Crippen molar-refractivity contribution in [1.29, 1.82) is 0 Å². The lowest BCUT2D eigenvalue weighted by Crippen LogP contribution is -2.13. The maximum Gasteiger partial charge on any atom is 0.259 e. The Bertz CT molecular complexity index is 1550. The number of ether oxygens (including phenoxy) is 1. The summed E-state index contributed by atoms with van der Waals surface area (Å²) in [7, 11) is 1.55. The first kappa shape index (κ1) is 21.1. The molecule has 8 nitrogen and oxygen atoms in total. The normalized spacial score (nSPS) is 10.9. The number of aromatic nitrogens is 3. The Morgan fingerprint density at radius 2 is 1.88 bits per heavy atom. The molecule has 2 aromatic carbocycles. The van der Waals surface area contributed by atoms with Crippen molar-refractivity contribution in [3.05, 3.63) is 101 Å². The standard InChI is InChI=1S/C26H20N4O4/c1-16-21(15-28-30(16)25-5-3-4-12-27-25)26(32)29-18-8-6-17(7-9-18)24-14-22(31)20-13-19(33-2)10-11-23(20)34-24/h3-15H,1-2H3,(H,29,32). The molecule has 0 saturated carbocycles. The fourth-order valence-electron chi connectivity index (χ4n) is 3.66. The number of nitrogens with zero attached hydrogens (tertiary/aromatic N) is 3. The lowest BCUT2D eigenvalue weighted by Gasteiger charge is -2.08. The van der Waals surface area contributed by atoms with Crippen molar-refractivity contribution in [2.24, 2.45) is 0 Å². The Morgan fingerprint density at radius 3 is 2.62 bits per heavy atom. The number of pyridine rings is 1. The van der Waals surface area contributed by atoms with Crippen LogP contribution in [0.25, 0.3) is 28.1 Å². The van der Waals surface area contributed by atoms with E-state index in [1.165, 1.54) is 12.3 Å². The van der Waals surface area contributed by atoms with Crippen molar-refractivity contribution in [1.82, 2.24) is 14.8 Å². The molecule has 5 rings (SSSR count). The molecule has 0 aliphatic rings. The molecule has 8 heteroatoms. The molecule has 0 unspecified atom stereocenters. The fraction of sp³-hybridized carbons (Fsp3) is 0.0769. The second-order valence-electron chi connectivity index (χ2n) is 7.61. The molecule has 3 aromatic heterocycles. The van der Waals surface area contributed by atoms with Gasteiger partial charge in [0.15, 0.2) is 11.2 Å². The molecular formula is C26H20N4O4. The van der Waals surface area contributed by atoms with E-state index in [9.17, 15) is 9.59 Å². The Labute approximate surface area is 194 Å². The zero-order valence-electron chi connectivity index (χ0n) is 18.5. The summed E-state index contributed by atoms with van der Waals surface area (Å²) in [4.78, 5) is 29.7. The van der Waals surface area contributed by atoms with Crippen molar-refractivity contribution in [2.75, 3.05) is 12.4 Å². The number of amides is 1. The topological polar surface area (TPSA) is 99.2 Å². The summed E-state index contributed by atoms with van der Waals surface area (Å²) in [6, 6.07) is 19.1. The molecule has 1 amide bonds. The van der Waals surface area contributed by atoms with Crippen LogP contribution in [-0.2, 0) is 0 Å². The highest BCUT2D eigenvalue weighted by Crippen LogP contribution is 2.26. The van der Waals surface area contributed by atoms with E-state index in [0.717, 1.165) is 0 Å². The van der Waals surface area contributed by atoms with E-state index in [4.69, 9.17) is 9.15 Å². The predicted molar refractivity (Wildman–Crippen MR) is 129 cm³/mol. The van der Waals surface area contributed by atoms with Crippen molar-refractivity contribution >= 4 is 22.6 Å². The van der Waals surface area contributed by atoms with Crippen LogP contribution in [0, 0.1) is 6.92 Å². The van der Waals surface area contributed by atoms with Crippen LogP contribution in [0.3, 0.4) is 0 Å². The highest BCUT2D eigenvalue weighted by molar-refractivity contribution is 6.05. The summed E-state index contributed by atoms with van der Waals surface area (Å²) in [5.41, 5.74) is 2.76. The van der Waals surface area contributed by atoms with Gasteiger partial charge in [-0.2, -0.15) is 5.10 Å². The first-order valence-electron chi connectivity index (χ1n) is 10.5. The number of rotatable bonds is 5. The molecule has 0 aliphatic carbocycles. The van der Waals surface area contributed by atoms with Gasteiger partial charge in [-0.25, -0.2) is 9.67 Å². The number of carbonyl (C=O) groups excluding carboxylic acids is 1. The molecule has 3 heterocycles. The second-order valence-corrected chi connectivity index (χ2v) is 7.61. The molecule has 0 atom stereocenters. The summed E-state index contributed by atoms with van der Waals surface area (Å²) in [5, 5.41) is 7.62. The van der Waals surface area contributed by atoms with Gasteiger partial charge in [-0.1, -0.05) is 6.07 Å². The molecule has 1 N–H and O–H groups in total. The van der Waals surface area contributed by atoms with Gasteiger partial charge in [-0.15, -0.1) is 0 Å². The van der Waals surface area contributed by atoms with E-state index in [0.29, 0.717) is 50.8 Å².